The van der Waals surface area contributed by atoms with Crippen molar-refractivity contribution in [3.05, 3.63) is 42.1 Å². The standard InChI is InChI=1S/C17H22N4O/c1-20-10-12-21(13-11-20)9-8-18-17(22)16-7-6-14-4-2-3-5-15(14)19-16/h2-7H,8-13H2,1H3,(H,18,22). The minimum absolute atomic E-state index is 0.0973. The van der Waals surface area contributed by atoms with Gasteiger partial charge in [-0.3, -0.25) is 9.69 Å². The second-order valence-corrected chi connectivity index (χ2v) is 5.79. The number of nitrogens with zero attached hydrogens (tertiary/aromatic N) is 3. The molecule has 0 spiro atoms. The molecule has 5 heteroatoms. The average Bonchev–Trinajstić information content (AvgIpc) is 2.56. The Morgan fingerprint density at radius 2 is 1.91 bits per heavy atom. The lowest BCUT2D eigenvalue weighted by atomic mass is 10.2. The lowest BCUT2D eigenvalue weighted by molar-refractivity contribution is 0.0936. The third-order valence-electron chi connectivity index (χ3n) is 4.14. The van der Waals surface area contributed by atoms with Crippen LogP contribution in [-0.4, -0.2) is 67.0 Å². The molecule has 0 aliphatic carbocycles. The van der Waals surface area contributed by atoms with Gasteiger partial charge in [-0.1, -0.05) is 24.3 Å². The first kappa shape index (κ1) is 14.9. The van der Waals surface area contributed by atoms with E-state index in [1.165, 1.54) is 0 Å². The number of pyridine rings is 1. The molecule has 0 unspecified atom stereocenters. The summed E-state index contributed by atoms with van der Waals surface area (Å²) in [6.45, 7) is 5.89. The van der Waals surface area contributed by atoms with Crippen LogP contribution in [0.25, 0.3) is 10.9 Å². The lowest BCUT2D eigenvalue weighted by Gasteiger charge is -2.32. The first-order valence-corrected chi connectivity index (χ1v) is 7.77. The van der Waals surface area contributed by atoms with Gasteiger partial charge in [-0.25, -0.2) is 4.98 Å². The number of amides is 1. The summed E-state index contributed by atoms with van der Waals surface area (Å²) in [5, 5.41) is 4.02. The Morgan fingerprint density at radius 3 is 2.73 bits per heavy atom. The lowest BCUT2D eigenvalue weighted by Crippen LogP contribution is -2.46. The second-order valence-electron chi connectivity index (χ2n) is 5.79. The predicted molar refractivity (Wildman–Crippen MR) is 88.0 cm³/mol. The molecule has 1 aromatic carbocycles. The average molecular weight is 298 g/mol. The Morgan fingerprint density at radius 1 is 1.14 bits per heavy atom. The van der Waals surface area contributed by atoms with Crippen molar-refractivity contribution in [1.29, 1.82) is 0 Å². The first-order valence-electron chi connectivity index (χ1n) is 7.77. The Labute approximate surface area is 130 Å². The maximum Gasteiger partial charge on any atom is 0.269 e. The van der Waals surface area contributed by atoms with Crippen LogP contribution < -0.4 is 5.32 Å². The van der Waals surface area contributed by atoms with Crippen molar-refractivity contribution in [2.24, 2.45) is 0 Å². The summed E-state index contributed by atoms with van der Waals surface area (Å²) in [6.07, 6.45) is 0. The van der Waals surface area contributed by atoms with Crippen molar-refractivity contribution in [2.45, 2.75) is 0 Å². The molecule has 5 nitrogen and oxygen atoms in total. The summed E-state index contributed by atoms with van der Waals surface area (Å²) in [4.78, 5) is 21.3. The fourth-order valence-corrected chi connectivity index (χ4v) is 2.68. The van der Waals surface area contributed by atoms with Gasteiger partial charge in [0, 0.05) is 44.7 Å². The Kier molecular flexibility index (Phi) is 4.65. The van der Waals surface area contributed by atoms with Crippen LogP contribution in [0, 0.1) is 0 Å². The molecule has 22 heavy (non-hydrogen) atoms. The first-order chi connectivity index (χ1) is 10.7. The number of fused-ring (bicyclic) bond motifs is 1. The van der Waals surface area contributed by atoms with E-state index in [1.807, 2.05) is 30.3 Å². The number of rotatable bonds is 4. The predicted octanol–water partition coefficient (Wildman–Crippen LogP) is 1.21. The summed E-state index contributed by atoms with van der Waals surface area (Å²) < 4.78 is 0. The van der Waals surface area contributed by atoms with Crippen molar-refractivity contribution >= 4 is 16.8 Å². The van der Waals surface area contributed by atoms with Gasteiger partial charge in [0.05, 0.1) is 5.52 Å². The molecule has 0 atom stereocenters. The highest BCUT2D eigenvalue weighted by Crippen LogP contribution is 2.11. The van der Waals surface area contributed by atoms with Gasteiger partial charge >= 0.3 is 0 Å². The molecular formula is C17H22N4O. The number of hydrogen-bond acceptors (Lipinski definition) is 4. The van der Waals surface area contributed by atoms with Crippen LogP contribution in [0.5, 0.6) is 0 Å². The van der Waals surface area contributed by atoms with E-state index in [2.05, 4.69) is 27.1 Å². The highest BCUT2D eigenvalue weighted by atomic mass is 16.1. The van der Waals surface area contributed by atoms with E-state index >= 15 is 0 Å². The monoisotopic (exact) mass is 298 g/mol. The zero-order valence-corrected chi connectivity index (χ0v) is 13.0. The maximum absolute atomic E-state index is 12.2. The third-order valence-corrected chi connectivity index (χ3v) is 4.14. The highest BCUT2D eigenvalue weighted by Gasteiger charge is 2.14. The van der Waals surface area contributed by atoms with Gasteiger partial charge in [-0.2, -0.15) is 0 Å². The van der Waals surface area contributed by atoms with Gasteiger partial charge in [0.2, 0.25) is 0 Å². The van der Waals surface area contributed by atoms with E-state index in [-0.39, 0.29) is 5.91 Å². The topological polar surface area (TPSA) is 48.5 Å². The second kappa shape index (κ2) is 6.85. The van der Waals surface area contributed by atoms with Crippen LogP contribution in [0.2, 0.25) is 0 Å². The molecule has 3 rings (SSSR count). The van der Waals surface area contributed by atoms with Gasteiger partial charge in [0.25, 0.3) is 5.91 Å². The molecule has 116 valence electrons. The Hall–Kier alpha value is -1.98. The number of benzene rings is 1. The Bertz CT molecular complexity index is 650. The highest BCUT2D eigenvalue weighted by molar-refractivity contribution is 5.94. The van der Waals surface area contributed by atoms with E-state index in [9.17, 15) is 4.79 Å². The van der Waals surface area contributed by atoms with Gasteiger partial charge in [0.1, 0.15) is 5.69 Å². The third kappa shape index (κ3) is 3.61. The molecule has 0 radical (unpaired) electrons. The number of carbonyl (C=O) groups excluding carboxylic acids is 1. The normalized spacial score (nSPS) is 16.8. The molecule has 1 aliphatic heterocycles. The van der Waals surface area contributed by atoms with Gasteiger partial charge in [0.15, 0.2) is 0 Å². The van der Waals surface area contributed by atoms with Gasteiger partial charge in [-0.15, -0.1) is 0 Å². The summed E-state index contributed by atoms with van der Waals surface area (Å²) in [7, 11) is 2.14. The van der Waals surface area contributed by atoms with Crippen LogP contribution in [0.4, 0.5) is 0 Å². The molecule has 0 saturated carbocycles. The largest absolute Gasteiger partial charge is 0.349 e. The minimum Gasteiger partial charge on any atom is -0.349 e. The van der Waals surface area contributed by atoms with Crippen LogP contribution in [0.1, 0.15) is 10.5 Å². The number of nitrogens with one attached hydrogen (secondary N) is 1. The quantitative estimate of drug-likeness (QED) is 0.922. The van der Waals surface area contributed by atoms with Crippen LogP contribution >= 0.6 is 0 Å². The van der Waals surface area contributed by atoms with Gasteiger partial charge in [-0.05, 0) is 19.2 Å². The van der Waals surface area contributed by atoms with Crippen molar-refractivity contribution in [3.63, 3.8) is 0 Å². The van der Waals surface area contributed by atoms with E-state index in [0.717, 1.165) is 43.6 Å². The fourth-order valence-electron chi connectivity index (χ4n) is 2.68. The number of para-hydroxylation sites is 1. The smallest absolute Gasteiger partial charge is 0.269 e. The zero-order valence-electron chi connectivity index (χ0n) is 13.0. The number of carbonyl (C=O) groups is 1. The number of hydrogen-bond donors (Lipinski definition) is 1. The molecule has 1 amide bonds. The molecule has 1 saturated heterocycles. The minimum atomic E-state index is -0.0973. The Balaban J connectivity index is 1.52. The molecule has 1 fully saturated rings. The summed E-state index contributed by atoms with van der Waals surface area (Å²) in [5.41, 5.74) is 1.34. The maximum atomic E-state index is 12.2. The van der Waals surface area contributed by atoms with Crippen molar-refractivity contribution < 1.29 is 4.79 Å². The number of aromatic nitrogens is 1. The molecule has 1 N–H and O–H groups in total. The molecule has 2 heterocycles. The van der Waals surface area contributed by atoms with Crippen LogP contribution in [0.3, 0.4) is 0 Å². The van der Waals surface area contributed by atoms with Crippen molar-refractivity contribution in [1.82, 2.24) is 20.1 Å². The van der Waals surface area contributed by atoms with E-state index < -0.39 is 0 Å². The molecule has 1 aromatic heterocycles. The molecular weight excluding hydrogens is 276 g/mol. The summed E-state index contributed by atoms with van der Waals surface area (Å²) in [5.74, 6) is -0.0973. The fraction of sp³-hybridized carbons (Fsp3) is 0.412. The number of likely N-dealkylation sites (N-methyl/N-ethyl adjacent to an activating group) is 1. The van der Waals surface area contributed by atoms with Crippen LogP contribution in [-0.2, 0) is 0 Å². The van der Waals surface area contributed by atoms with Crippen molar-refractivity contribution in [3.8, 4) is 0 Å². The van der Waals surface area contributed by atoms with Crippen molar-refractivity contribution in [2.75, 3.05) is 46.3 Å². The summed E-state index contributed by atoms with van der Waals surface area (Å²) in [6, 6.07) is 11.6. The zero-order chi connectivity index (χ0) is 15.4. The summed E-state index contributed by atoms with van der Waals surface area (Å²) >= 11 is 0. The SMILES string of the molecule is CN1CCN(CCNC(=O)c2ccc3ccccc3n2)CC1. The van der Waals surface area contributed by atoms with Crippen LogP contribution in [0.15, 0.2) is 36.4 Å². The molecule has 0 bridgehead atoms. The van der Waals surface area contributed by atoms with Gasteiger partial charge < -0.3 is 10.2 Å². The van der Waals surface area contributed by atoms with E-state index in [1.54, 1.807) is 6.07 Å². The molecule has 2 aromatic rings. The van der Waals surface area contributed by atoms with E-state index in [4.69, 9.17) is 0 Å². The number of piperazine rings is 1. The molecule has 1 aliphatic rings. The van der Waals surface area contributed by atoms with E-state index in [0.29, 0.717) is 12.2 Å².